The number of benzene rings is 2. The highest BCUT2D eigenvalue weighted by Gasteiger charge is 2.11. The second-order valence-electron chi connectivity index (χ2n) is 7.24. The molecule has 0 aliphatic rings. The lowest BCUT2D eigenvalue weighted by molar-refractivity contribution is 0.572. The summed E-state index contributed by atoms with van der Waals surface area (Å²) in [6, 6.07) is 10.6. The van der Waals surface area contributed by atoms with Crippen molar-refractivity contribution in [1.82, 2.24) is 0 Å². The predicted octanol–water partition coefficient (Wildman–Crippen LogP) is 7.88. The molecular formula is C24H32F2. The summed E-state index contributed by atoms with van der Waals surface area (Å²) < 4.78 is 28.9. The molecule has 0 fully saturated rings. The molecular weight excluding hydrogens is 326 g/mol. The number of aryl methyl sites for hydroxylation is 2. The van der Waals surface area contributed by atoms with Gasteiger partial charge in [-0.15, -0.1) is 0 Å². The summed E-state index contributed by atoms with van der Waals surface area (Å²) in [6.07, 6.45) is 10.8. The van der Waals surface area contributed by atoms with Gasteiger partial charge in [0.15, 0.2) is 0 Å². The van der Waals surface area contributed by atoms with Crippen LogP contribution in [0.4, 0.5) is 8.78 Å². The SMILES string of the molecule is CCCCCCCc1cc(F)c(-c2ccc(CCCCC)cc2)cc1F. The lowest BCUT2D eigenvalue weighted by Gasteiger charge is -2.09. The highest BCUT2D eigenvalue weighted by Crippen LogP contribution is 2.27. The fourth-order valence-corrected chi connectivity index (χ4v) is 3.35. The zero-order valence-corrected chi connectivity index (χ0v) is 16.3. The van der Waals surface area contributed by atoms with Crippen LogP contribution in [0.3, 0.4) is 0 Å². The minimum Gasteiger partial charge on any atom is -0.207 e. The summed E-state index contributed by atoms with van der Waals surface area (Å²) in [5.41, 5.74) is 2.86. The van der Waals surface area contributed by atoms with Crippen LogP contribution in [0.2, 0.25) is 0 Å². The Labute approximate surface area is 157 Å². The van der Waals surface area contributed by atoms with Gasteiger partial charge in [0.25, 0.3) is 0 Å². The molecule has 0 aliphatic carbocycles. The van der Waals surface area contributed by atoms with Crippen molar-refractivity contribution in [3.05, 3.63) is 59.2 Å². The molecule has 0 saturated heterocycles. The van der Waals surface area contributed by atoms with Gasteiger partial charge in [-0.3, -0.25) is 0 Å². The molecule has 0 spiro atoms. The summed E-state index contributed by atoms with van der Waals surface area (Å²) in [7, 11) is 0. The molecule has 26 heavy (non-hydrogen) atoms. The van der Waals surface area contributed by atoms with Gasteiger partial charge in [0.1, 0.15) is 11.6 Å². The molecule has 0 bridgehead atoms. The smallest absolute Gasteiger partial charge is 0.131 e. The lowest BCUT2D eigenvalue weighted by atomic mass is 9.98. The van der Waals surface area contributed by atoms with Gasteiger partial charge in [-0.05, 0) is 54.5 Å². The van der Waals surface area contributed by atoms with Crippen LogP contribution in [0.25, 0.3) is 11.1 Å². The Morgan fingerprint density at radius 3 is 1.96 bits per heavy atom. The summed E-state index contributed by atoms with van der Waals surface area (Å²) in [5, 5.41) is 0. The second-order valence-corrected chi connectivity index (χ2v) is 7.24. The van der Waals surface area contributed by atoms with E-state index < -0.39 is 0 Å². The van der Waals surface area contributed by atoms with Crippen molar-refractivity contribution >= 4 is 0 Å². The predicted molar refractivity (Wildman–Crippen MR) is 107 cm³/mol. The maximum atomic E-state index is 14.5. The van der Waals surface area contributed by atoms with Gasteiger partial charge in [-0.2, -0.15) is 0 Å². The normalized spacial score (nSPS) is 11.1. The van der Waals surface area contributed by atoms with E-state index in [4.69, 9.17) is 0 Å². The molecule has 2 heteroatoms. The molecule has 2 aromatic carbocycles. The molecule has 0 unspecified atom stereocenters. The Kier molecular flexibility index (Phi) is 8.80. The maximum Gasteiger partial charge on any atom is 0.131 e. The number of halogens is 2. The van der Waals surface area contributed by atoms with E-state index in [-0.39, 0.29) is 11.6 Å². The fraction of sp³-hybridized carbons (Fsp3) is 0.500. The Morgan fingerprint density at radius 1 is 0.654 bits per heavy atom. The minimum absolute atomic E-state index is 0.288. The molecule has 142 valence electrons. The average Bonchev–Trinajstić information content (AvgIpc) is 2.65. The van der Waals surface area contributed by atoms with Gasteiger partial charge in [-0.1, -0.05) is 76.6 Å². The largest absolute Gasteiger partial charge is 0.207 e. The highest BCUT2D eigenvalue weighted by molar-refractivity contribution is 5.65. The second kappa shape index (κ2) is 11.1. The van der Waals surface area contributed by atoms with Gasteiger partial charge in [-0.25, -0.2) is 8.78 Å². The van der Waals surface area contributed by atoms with Crippen LogP contribution in [0.15, 0.2) is 36.4 Å². The van der Waals surface area contributed by atoms with E-state index in [1.165, 1.54) is 56.2 Å². The van der Waals surface area contributed by atoms with E-state index in [0.29, 0.717) is 17.5 Å². The van der Waals surface area contributed by atoms with Gasteiger partial charge < -0.3 is 0 Å². The Hall–Kier alpha value is -1.70. The summed E-state index contributed by atoms with van der Waals surface area (Å²) in [5.74, 6) is -0.613. The maximum absolute atomic E-state index is 14.5. The Balaban J connectivity index is 2.02. The number of unbranched alkanes of at least 4 members (excludes halogenated alkanes) is 6. The first-order chi connectivity index (χ1) is 12.7. The lowest BCUT2D eigenvalue weighted by Crippen LogP contribution is -1.96. The average molecular weight is 359 g/mol. The first-order valence-corrected chi connectivity index (χ1v) is 10.2. The van der Waals surface area contributed by atoms with Crippen LogP contribution in [0.5, 0.6) is 0 Å². The number of rotatable bonds is 11. The third-order valence-corrected chi connectivity index (χ3v) is 5.02. The zero-order valence-electron chi connectivity index (χ0n) is 16.3. The van der Waals surface area contributed by atoms with Crippen molar-refractivity contribution in [2.75, 3.05) is 0 Å². The van der Waals surface area contributed by atoms with Crippen LogP contribution in [0, 0.1) is 11.6 Å². The third kappa shape index (κ3) is 6.23. The van der Waals surface area contributed by atoms with Gasteiger partial charge >= 0.3 is 0 Å². The standard InChI is InChI=1S/C24H32F2/c1-3-5-7-8-10-12-21-17-24(26)22(18-23(21)25)20-15-13-19(14-16-20)11-9-6-4-2/h13-18H,3-12H2,1-2H3. The number of hydrogen-bond acceptors (Lipinski definition) is 0. The van der Waals surface area contributed by atoms with E-state index in [0.717, 1.165) is 24.8 Å². The van der Waals surface area contributed by atoms with Crippen molar-refractivity contribution in [2.45, 2.75) is 78.1 Å². The monoisotopic (exact) mass is 358 g/mol. The summed E-state index contributed by atoms with van der Waals surface area (Å²) >= 11 is 0. The number of hydrogen-bond donors (Lipinski definition) is 0. The molecule has 0 atom stereocenters. The van der Waals surface area contributed by atoms with E-state index in [2.05, 4.69) is 13.8 Å². The molecule has 0 aliphatic heterocycles. The Morgan fingerprint density at radius 2 is 1.27 bits per heavy atom. The van der Waals surface area contributed by atoms with Crippen molar-refractivity contribution in [3.63, 3.8) is 0 Å². The molecule has 0 heterocycles. The zero-order chi connectivity index (χ0) is 18.8. The van der Waals surface area contributed by atoms with Crippen LogP contribution in [0.1, 0.15) is 76.3 Å². The van der Waals surface area contributed by atoms with E-state index in [9.17, 15) is 8.78 Å². The molecule has 0 radical (unpaired) electrons. The Bertz CT molecular complexity index is 659. The summed E-state index contributed by atoms with van der Waals surface area (Å²) in [6.45, 7) is 4.36. The molecule has 0 N–H and O–H groups in total. The van der Waals surface area contributed by atoms with Crippen LogP contribution in [-0.4, -0.2) is 0 Å². The molecule has 0 saturated carbocycles. The highest BCUT2D eigenvalue weighted by atomic mass is 19.1. The molecule has 2 rings (SSSR count). The molecule has 2 aromatic rings. The van der Waals surface area contributed by atoms with E-state index in [1.807, 2.05) is 24.3 Å². The molecule has 0 nitrogen and oxygen atoms in total. The first kappa shape index (κ1) is 20.6. The van der Waals surface area contributed by atoms with Crippen molar-refractivity contribution < 1.29 is 8.78 Å². The van der Waals surface area contributed by atoms with E-state index in [1.54, 1.807) is 0 Å². The topological polar surface area (TPSA) is 0 Å². The fourth-order valence-electron chi connectivity index (χ4n) is 3.35. The van der Waals surface area contributed by atoms with Crippen LogP contribution in [-0.2, 0) is 12.8 Å². The van der Waals surface area contributed by atoms with Crippen molar-refractivity contribution in [3.8, 4) is 11.1 Å². The third-order valence-electron chi connectivity index (χ3n) is 5.02. The van der Waals surface area contributed by atoms with Crippen molar-refractivity contribution in [2.24, 2.45) is 0 Å². The molecule has 0 aromatic heterocycles. The van der Waals surface area contributed by atoms with Crippen molar-refractivity contribution in [1.29, 1.82) is 0 Å². The van der Waals surface area contributed by atoms with Gasteiger partial charge in [0, 0.05) is 5.56 Å². The van der Waals surface area contributed by atoms with E-state index >= 15 is 0 Å². The quantitative estimate of drug-likeness (QED) is 0.358. The first-order valence-electron chi connectivity index (χ1n) is 10.2. The minimum atomic E-state index is -0.325. The van der Waals surface area contributed by atoms with Crippen LogP contribution < -0.4 is 0 Å². The van der Waals surface area contributed by atoms with Crippen LogP contribution >= 0.6 is 0 Å². The molecule has 0 amide bonds. The van der Waals surface area contributed by atoms with Gasteiger partial charge in [0.2, 0.25) is 0 Å². The van der Waals surface area contributed by atoms with Gasteiger partial charge in [0.05, 0.1) is 0 Å². The summed E-state index contributed by atoms with van der Waals surface area (Å²) in [4.78, 5) is 0.